The molecular weight excluding hydrogens is 357 g/mol. The molecule has 0 fully saturated rings. The van der Waals surface area contributed by atoms with Gasteiger partial charge in [-0.2, -0.15) is 0 Å². The highest BCUT2D eigenvalue weighted by Gasteiger charge is 2.26. The van der Waals surface area contributed by atoms with E-state index in [0.717, 1.165) is 0 Å². The van der Waals surface area contributed by atoms with Crippen LogP contribution >= 0.6 is 7.60 Å². The van der Waals surface area contributed by atoms with E-state index < -0.39 is 7.60 Å². The summed E-state index contributed by atoms with van der Waals surface area (Å²) >= 11 is 0. The maximum absolute atomic E-state index is 12.7. The summed E-state index contributed by atoms with van der Waals surface area (Å²) in [7, 11) is -2.08. The van der Waals surface area contributed by atoms with E-state index in [4.69, 9.17) is 19.5 Å². The second-order valence-corrected chi connectivity index (χ2v) is 7.66. The van der Waals surface area contributed by atoms with Gasteiger partial charge < -0.3 is 24.1 Å². The summed E-state index contributed by atoms with van der Waals surface area (Å²) in [6, 6.07) is 8.83. The molecule has 0 unspecified atom stereocenters. The molecule has 3 rings (SSSR count). The Hall–Kier alpha value is -2.48. The van der Waals surface area contributed by atoms with Crippen LogP contribution in [0.5, 0.6) is 5.75 Å². The summed E-state index contributed by atoms with van der Waals surface area (Å²) in [6.45, 7) is 2.29. The molecule has 1 aromatic carbocycles. The van der Waals surface area contributed by atoms with E-state index in [0.29, 0.717) is 29.3 Å². The van der Waals surface area contributed by atoms with E-state index in [2.05, 4.69) is 15.0 Å². The Morgan fingerprint density at radius 2 is 2.00 bits per heavy atom. The SMILES string of the molecule is CO[P@@](=O)(CO[C@H](C)Cn1cnc2c(N)ncnc21)Oc1ccccc1. The minimum atomic E-state index is -3.41. The lowest BCUT2D eigenvalue weighted by Gasteiger charge is -2.20. The van der Waals surface area contributed by atoms with Crippen LogP contribution in [0, 0.1) is 0 Å². The Labute approximate surface area is 150 Å². The summed E-state index contributed by atoms with van der Waals surface area (Å²) in [5, 5.41) is 0. The smallest absolute Gasteiger partial charge is 0.404 e. The van der Waals surface area contributed by atoms with Gasteiger partial charge in [-0.15, -0.1) is 0 Å². The van der Waals surface area contributed by atoms with Crippen molar-refractivity contribution in [3.8, 4) is 5.75 Å². The van der Waals surface area contributed by atoms with Gasteiger partial charge in [0.1, 0.15) is 17.6 Å². The number of hydrogen-bond acceptors (Lipinski definition) is 8. The van der Waals surface area contributed by atoms with Crippen LogP contribution in [0.1, 0.15) is 6.92 Å². The second kappa shape index (κ2) is 7.82. The first kappa shape index (κ1) is 18.3. The number of nitrogens with zero attached hydrogens (tertiary/aromatic N) is 4. The highest BCUT2D eigenvalue weighted by atomic mass is 31.2. The molecule has 10 heteroatoms. The van der Waals surface area contributed by atoms with Crippen molar-refractivity contribution in [1.82, 2.24) is 19.5 Å². The van der Waals surface area contributed by atoms with Gasteiger partial charge in [0.25, 0.3) is 0 Å². The fourth-order valence-electron chi connectivity index (χ4n) is 2.34. The lowest BCUT2D eigenvalue weighted by Crippen LogP contribution is -2.18. The molecule has 0 aliphatic heterocycles. The molecule has 2 N–H and O–H groups in total. The van der Waals surface area contributed by atoms with E-state index in [-0.39, 0.29) is 12.5 Å². The average Bonchev–Trinajstić information content (AvgIpc) is 3.05. The molecule has 0 radical (unpaired) electrons. The zero-order valence-electron chi connectivity index (χ0n) is 14.5. The topological polar surface area (TPSA) is 114 Å². The monoisotopic (exact) mass is 377 g/mol. The molecule has 0 bridgehead atoms. The van der Waals surface area contributed by atoms with Gasteiger partial charge >= 0.3 is 7.60 Å². The number of imidazole rings is 1. The number of nitrogens with two attached hydrogens (primary N) is 1. The molecule has 9 nitrogen and oxygen atoms in total. The van der Waals surface area contributed by atoms with Crippen LogP contribution in [0.4, 0.5) is 5.82 Å². The molecule has 3 aromatic rings. The van der Waals surface area contributed by atoms with Gasteiger partial charge in [0, 0.05) is 7.11 Å². The molecule has 2 heterocycles. The third-order valence-corrected chi connectivity index (χ3v) is 5.18. The largest absolute Gasteiger partial charge is 0.423 e. The molecule has 138 valence electrons. The van der Waals surface area contributed by atoms with E-state index >= 15 is 0 Å². The van der Waals surface area contributed by atoms with Crippen LogP contribution in [0.25, 0.3) is 11.2 Å². The van der Waals surface area contributed by atoms with Gasteiger partial charge in [-0.3, -0.25) is 0 Å². The van der Waals surface area contributed by atoms with Crippen LogP contribution in [0.2, 0.25) is 0 Å². The van der Waals surface area contributed by atoms with Gasteiger partial charge in [0.05, 0.1) is 19.0 Å². The van der Waals surface area contributed by atoms with E-state index in [1.54, 1.807) is 35.2 Å². The van der Waals surface area contributed by atoms with Gasteiger partial charge in [0.15, 0.2) is 17.8 Å². The van der Waals surface area contributed by atoms with Gasteiger partial charge in [-0.25, -0.2) is 19.5 Å². The molecule has 0 aliphatic carbocycles. The van der Waals surface area contributed by atoms with Crippen molar-refractivity contribution in [2.24, 2.45) is 0 Å². The number of benzene rings is 1. The Morgan fingerprint density at radius 3 is 2.73 bits per heavy atom. The zero-order chi connectivity index (χ0) is 18.6. The molecule has 0 amide bonds. The van der Waals surface area contributed by atoms with Crippen molar-refractivity contribution in [3.63, 3.8) is 0 Å². The number of para-hydroxylation sites is 1. The minimum Gasteiger partial charge on any atom is -0.423 e. The lowest BCUT2D eigenvalue weighted by atomic mass is 10.3. The molecule has 0 aliphatic rings. The summed E-state index contributed by atoms with van der Waals surface area (Å²) in [6.07, 6.45) is 2.54. The summed E-state index contributed by atoms with van der Waals surface area (Å²) in [5.41, 5.74) is 6.93. The van der Waals surface area contributed by atoms with E-state index in [1.165, 1.54) is 13.4 Å². The molecular formula is C16H20N5O4P. The third-order valence-electron chi connectivity index (χ3n) is 3.67. The number of anilines is 1. The number of fused-ring (bicyclic) bond motifs is 1. The molecule has 0 saturated heterocycles. The lowest BCUT2D eigenvalue weighted by molar-refractivity contribution is 0.0752. The third kappa shape index (κ3) is 4.19. The summed E-state index contributed by atoms with van der Waals surface area (Å²) in [5.74, 6) is 0.782. The van der Waals surface area contributed by atoms with Crippen LogP contribution in [-0.4, -0.2) is 39.1 Å². The first-order valence-electron chi connectivity index (χ1n) is 7.93. The second-order valence-electron chi connectivity index (χ2n) is 5.63. The summed E-state index contributed by atoms with van der Waals surface area (Å²) in [4.78, 5) is 12.3. The molecule has 0 saturated carbocycles. The highest BCUT2D eigenvalue weighted by Crippen LogP contribution is 2.47. The van der Waals surface area contributed by atoms with Crippen LogP contribution < -0.4 is 10.3 Å². The van der Waals surface area contributed by atoms with Crippen molar-refractivity contribution in [2.75, 3.05) is 19.2 Å². The Morgan fingerprint density at radius 1 is 1.23 bits per heavy atom. The Balaban J connectivity index is 1.62. The highest BCUT2D eigenvalue weighted by molar-refractivity contribution is 7.54. The quantitative estimate of drug-likeness (QED) is 0.596. The van der Waals surface area contributed by atoms with Crippen molar-refractivity contribution in [3.05, 3.63) is 43.0 Å². The zero-order valence-corrected chi connectivity index (χ0v) is 15.4. The average molecular weight is 377 g/mol. The number of ether oxygens (including phenoxy) is 1. The fraction of sp³-hybridized carbons (Fsp3) is 0.312. The molecule has 0 spiro atoms. The molecule has 26 heavy (non-hydrogen) atoms. The molecule has 2 aromatic heterocycles. The van der Waals surface area contributed by atoms with Crippen molar-refractivity contribution in [2.45, 2.75) is 19.6 Å². The van der Waals surface area contributed by atoms with Crippen LogP contribution in [0.15, 0.2) is 43.0 Å². The normalized spacial score (nSPS) is 14.8. The predicted molar refractivity (Wildman–Crippen MR) is 96.8 cm³/mol. The number of hydrogen-bond donors (Lipinski definition) is 1. The Bertz CT molecular complexity index is 917. The maximum atomic E-state index is 12.7. The fourth-order valence-corrected chi connectivity index (χ4v) is 3.45. The predicted octanol–water partition coefficient (Wildman–Crippen LogP) is 2.69. The van der Waals surface area contributed by atoms with Gasteiger partial charge in [0.2, 0.25) is 0 Å². The van der Waals surface area contributed by atoms with Gasteiger partial charge in [-0.05, 0) is 19.1 Å². The Kier molecular flexibility index (Phi) is 5.51. The van der Waals surface area contributed by atoms with Crippen molar-refractivity contribution < 1.29 is 18.3 Å². The minimum absolute atomic E-state index is 0.177. The summed E-state index contributed by atoms with van der Waals surface area (Å²) < 4.78 is 30.7. The standard InChI is InChI=1S/C16H20N5O4P/c1-12(8-21-10-20-14-15(17)18-9-19-16(14)21)24-11-26(22,23-2)25-13-6-4-3-5-7-13/h3-7,9-10,12H,8,11H2,1-2H3,(H2,17,18,19)/t12-,26+/m1/s1. The van der Waals surface area contributed by atoms with Crippen molar-refractivity contribution in [1.29, 1.82) is 0 Å². The van der Waals surface area contributed by atoms with E-state index in [1.807, 2.05) is 13.0 Å². The number of aromatic nitrogens is 4. The number of nitrogen functional groups attached to an aromatic ring is 1. The van der Waals surface area contributed by atoms with Crippen LogP contribution in [0.3, 0.4) is 0 Å². The number of rotatable bonds is 8. The van der Waals surface area contributed by atoms with E-state index in [9.17, 15) is 4.57 Å². The molecule has 2 atom stereocenters. The van der Waals surface area contributed by atoms with Crippen molar-refractivity contribution >= 4 is 24.6 Å². The first-order chi connectivity index (χ1) is 12.5. The van der Waals surface area contributed by atoms with Gasteiger partial charge in [-0.1, -0.05) is 18.2 Å². The van der Waals surface area contributed by atoms with Crippen LogP contribution in [-0.2, 0) is 20.4 Å². The maximum Gasteiger partial charge on any atom is 0.404 e. The first-order valence-corrected chi connectivity index (χ1v) is 9.66.